The molecule has 0 bridgehead atoms. The molecule has 1 aliphatic heterocycles. The fourth-order valence-corrected chi connectivity index (χ4v) is 1.62. The molecule has 0 amide bonds. The van der Waals surface area contributed by atoms with Gasteiger partial charge in [-0.15, -0.1) is 0 Å². The van der Waals surface area contributed by atoms with Gasteiger partial charge in [0.05, 0.1) is 0 Å². The van der Waals surface area contributed by atoms with Gasteiger partial charge in [0.1, 0.15) is 17.5 Å². The first-order valence-electron chi connectivity index (χ1n) is 5.23. The number of hydrogen-bond donors (Lipinski definition) is 2. The van der Waals surface area contributed by atoms with Gasteiger partial charge in [-0.1, -0.05) is 13.8 Å². The molecule has 2 heterocycles. The summed E-state index contributed by atoms with van der Waals surface area (Å²) in [5.74, 6) is 1.27. The molecule has 4 nitrogen and oxygen atoms in total. The standard InChI is InChI=1S/C11H16N2O2/c1-7(2)10-6-12-5-8-9(15-10)3-4-11(14)13-8/h3-4,7,10,12H,5-6H2,1-2H3,(H,13,14)/t10-/m1/s1. The van der Waals surface area contributed by atoms with Gasteiger partial charge in [0.2, 0.25) is 5.88 Å². The van der Waals surface area contributed by atoms with E-state index in [1.54, 1.807) is 12.1 Å². The lowest BCUT2D eigenvalue weighted by Crippen LogP contribution is -2.32. The summed E-state index contributed by atoms with van der Waals surface area (Å²) in [5.41, 5.74) is 0.776. The molecule has 2 N–H and O–H groups in total. The highest BCUT2D eigenvalue weighted by molar-refractivity contribution is 5.32. The second kappa shape index (κ2) is 4.06. The van der Waals surface area contributed by atoms with Crippen molar-refractivity contribution < 1.29 is 9.84 Å². The van der Waals surface area contributed by atoms with Crippen molar-refractivity contribution in [1.82, 2.24) is 10.3 Å². The van der Waals surface area contributed by atoms with Gasteiger partial charge in [-0.05, 0) is 12.0 Å². The minimum atomic E-state index is 0.0437. The van der Waals surface area contributed by atoms with Gasteiger partial charge >= 0.3 is 0 Å². The number of rotatable bonds is 1. The molecule has 0 radical (unpaired) electrons. The molecule has 0 aromatic carbocycles. The van der Waals surface area contributed by atoms with Crippen LogP contribution in [0.15, 0.2) is 12.1 Å². The molecule has 1 aromatic heterocycles. The molecule has 0 spiro atoms. The molecule has 1 aliphatic rings. The van der Waals surface area contributed by atoms with Crippen LogP contribution in [0.3, 0.4) is 0 Å². The maximum atomic E-state index is 9.26. The summed E-state index contributed by atoms with van der Waals surface area (Å²) in [5, 5.41) is 12.5. The normalized spacial score (nSPS) is 20.6. The summed E-state index contributed by atoms with van der Waals surface area (Å²) in [4.78, 5) is 4.04. The first-order valence-corrected chi connectivity index (χ1v) is 5.23. The zero-order valence-corrected chi connectivity index (χ0v) is 9.03. The Hall–Kier alpha value is -1.29. The van der Waals surface area contributed by atoms with Gasteiger partial charge in [0, 0.05) is 19.2 Å². The van der Waals surface area contributed by atoms with Crippen molar-refractivity contribution in [3.05, 3.63) is 17.8 Å². The van der Waals surface area contributed by atoms with E-state index in [4.69, 9.17) is 4.74 Å². The molecular weight excluding hydrogens is 192 g/mol. The number of ether oxygens (including phenoxy) is 1. The van der Waals surface area contributed by atoms with Crippen molar-refractivity contribution in [3.8, 4) is 11.6 Å². The van der Waals surface area contributed by atoms with Gasteiger partial charge in [-0.25, -0.2) is 4.98 Å². The highest BCUT2D eigenvalue weighted by Crippen LogP contribution is 2.24. The number of aromatic nitrogens is 1. The van der Waals surface area contributed by atoms with Crippen LogP contribution in [0.1, 0.15) is 19.5 Å². The number of nitrogens with one attached hydrogen (secondary N) is 1. The van der Waals surface area contributed by atoms with E-state index in [9.17, 15) is 5.11 Å². The number of aromatic hydroxyl groups is 1. The zero-order chi connectivity index (χ0) is 10.8. The predicted molar refractivity (Wildman–Crippen MR) is 56.9 cm³/mol. The third-order valence-electron chi connectivity index (χ3n) is 2.58. The Morgan fingerprint density at radius 2 is 2.33 bits per heavy atom. The van der Waals surface area contributed by atoms with Crippen LogP contribution in [-0.2, 0) is 6.54 Å². The van der Waals surface area contributed by atoms with E-state index in [0.29, 0.717) is 12.5 Å². The van der Waals surface area contributed by atoms with Crippen LogP contribution in [0, 0.1) is 5.92 Å². The van der Waals surface area contributed by atoms with Gasteiger partial charge in [-0.3, -0.25) is 0 Å². The van der Waals surface area contributed by atoms with Crippen molar-refractivity contribution in [1.29, 1.82) is 0 Å². The minimum Gasteiger partial charge on any atom is -0.493 e. The molecule has 0 aliphatic carbocycles. The van der Waals surface area contributed by atoms with E-state index in [1.165, 1.54) is 0 Å². The van der Waals surface area contributed by atoms with Gasteiger partial charge in [0.15, 0.2) is 0 Å². The number of nitrogens with zero attached hydrogens (tertiary/aromatic N) is 1. The second-order valence-corrected chi connectivity index (χ2v) is 4.15. The third kappa shape index (κ3) is 2.21. The summed E-state index contributed by atoms with van der Waals surface area (Å²) in [6, 6.07) is 3.33. The maximum absolute atomic E-state index is 9.26. The maximum Gasteiger partial charge on any atom is 0.211 e. The van der Waals surface area contributed by atoms with Crippen LogP contribution in [0.5, 0.6) is 11.6 Å². The van der Waals surface area contributed by atoms with Gasteiger partial charge < -0.3 is 15.2 Å². The monoisotopic (exact) mass is 208 g/mol. The molecule has 1 atom stereocenters. The largest absolute Gasteiger partial charge is 0.493 e. The minimum absolute atomic E-state index is 0.0437. The van der Waals surface area contributed by atoms with Crippen molar-refractivity contribution in [3.63, 3.8) is 0 Å². The third-order valence-corrected chi connectivity index (χ3v) is 2.58. The number of hydrogen-bond acceptors (Lipinski definition) is 4. The van der Waals surface area contributed by atoms with Crippen molar-refractivity contribution in [2.75, 3.05) is 6.54 Å². The van der Waals surface area contributed by atoms with E-state index in [-0.39, 0.29) is 12.0 Å². The van der Waals surface area contributed by atoms with Crippen LogP contribution in [0.25, 0.3) is 0 Å². The lowest BCUT2D eigenvalue weighted by Gasteiger charge is -2.20. The van der Waals surface area contributed by atoms with Crippen molar-refractivity contribution in [2.45, 2.75) is 26.5 Å². The molecule has 2 rings (SSSR count). The Balaban J connectivity index is 2.26. The molecule has 0 saturated heterocycles. The SMILES string of the molecule is CC(C)[C@H]1CNCc2nc(O)ccc2O1. The number of pyridine rings is 1. The van der Waals surface area contributed by atoms with Crippen molar-refractivity contribution >= 4 is 0 Å². The molecule has 15 heavy (non-hydrogen) atoms. The Labute approximate surface area is 89.3 Å². The summed E-state index contributed by atoms with van der Waals surface area (Å²) in [6.07, 6.45) is 0.164. The fraction of sp³-hybridized carbons (Fsp3) is 0.545. The second-order valence-electron chi connectivity index (χ2n) is 4.15. The summed E-state index contributed by atoms with van der Waals surface area (Å²) in [6.45, 7) is 5.72. The quantitative estimate of drug-likeness (QED) is 0.730. The Bertz CT molecular complexity index is 352. The van der Waals surface area contributed by atoms with Crippen LogP contribution in [0.4, 0.5) is 0 Å². The molecule has 82 valence electrons. The molecule has 0 saturated carbocycles. The lowest BCUT2D eigenvalue weighted by molar-refractivity contribution is 0.155. The van der Waals surface area contributed by atoms with E-state index < -0.39 is 0 Å². The Morgan fingerprint density at radius 3 is 3.07 bits per heavy atom. The molecule has 1 aromatic rings. The average molecular weight is 208 g/mol. The molecule has 4 heteroatoms. The smallest absolute Gasteiger partial charge is 0.211 e. The zero-order valence-electron chi connectivity index (χ0n) is 9.03. The summed E-state index contributed by atoms with van der Waals surface area (Å²) < 4.78 is 5.84. The highest BCUT2D eigenvalue weighted by Gasteiger charge is 2.20. The topological polar surface area (TPSA) is 54.4 Å². The Kier molecular flexibility index (Phi) is 2.77. The fourth-order valence-electron chi connectivity index (χ4n) is 1.62. The van der Waals surface area contributed by atoms with E-state index in [1.807, 2.05) is 0 Å². The highest BCUT2D eigenvalue weighted by atomic mass is 16.5. The van der Waals surface area contributed by atoms with E-state index in [0.717, 1.165) is 18.0 Å². The van der Waals surface area contributed by atoms with Gasteiger partial charge in [-0.2, -0.15) is 0 Å². The molecule has 0 unspecified atom stereocenters. The van der Waals surface area contributed by atoms with Crippen LogP contribution in [0.2, 0.25) is 0 Å². The van der Waals surface area contributed by atoms with Crippen LogP contribution < -0.4 is 10.1 Å². The predicted octanol–water partition coefficient (Wildman–Crippen LogP) is 1.29. The van der Waals surface area contributed by atoms with E-state index in [2.05, 4.69) is 24.1 Å². The molecular formula is C11H16N2O2. The first kappa shape index (κ1) is 10.2. The van der Waals surface area contributed by atoms with Crippen LogP contribution in [-0.4, -0.2) is 22.7 Å². The van der Waals surface area contributed by atoms with Gasteiger partial charge in [0.25, 0.3) is 0 Å². The average Bonchev–Trinajstić information content (AvgIpc) is 2.39. The summed E-state index contributed by atoms with van der Waals surface area (Å²) >= 11 is 0. The van der Waals surface area contributed by atoms with Crippen molar-refractivity contribution in [2.24, 2.45) is 5.92 Å². The number of fused-ring (bicyclic) bond motifs is 1. The Morgan fingerprint density at radius 1 is 1.53 bits per heavy atom. The van der Waals surface area contributed by atoms with E-state index >= 15 is 0 Å². The molecule has 0 fully saturated rings. The summed E-state index contributed by atoms with van der Waals surface area (Å²) in [7, 11) is 0. The van der Waals surface area contributed by atoms with Crippen LogP contribution >= 0.6 is 0 Å². The first-order chi connectivity index (χ1) is 7.16. The lowest BCUT2D eigenvalue weighted by atomic mass is 10.1.